The monoisotopic (exact) mass is 360 g/mol. The molecule has 1 heterocycles. The lowest BCUT2D eigenvalue weighted by Crippen LogP contribution is -2.16. The molecule has 132 valence electrons. The lowest BCUT2D eigenvalue weighted by molar-refractivity contribution is 0.289. The summed E-state index contributed by atoms with van der Waals surface area (Å²) in [5.74, 6) is 0.793. The van der Waals surface area contributed by atoms with Crippen LogP contribution in [0.1, 0.15) is 17.5 Å². The maximum Gasteiger partial charge on any atom is 0.119 e. The number of aromatic nitrogens is 1. The Labute approximate surface area is 152 Å². The number of ether oxygens (including phenoxy) is 1. The van der Waals surface area contributed by atoms with Crippen LogP contribution in [0.4, 0.5) is 4.39 Å². The van der Waals surface area contributed by atoms with Gasteiger partial charge in [0.1, 0.15) is 5.75 Å². The van der Waals surface area contributed by atoms with E-state index < -0.39 is 0 Å². The Morgan fingerprint density at radius 1 is 1.16 bits per heavy atom. The van der Waals surface area contributed by atoms with E-state index in [1.807, 2.05) is 36.5 Å². The van der Waals surface area contributed by atoms with Gasteiger partial charge < -0.3 is 15.0 Å². The first-order valence-corrected chi connectivity index (χ1v) is 8.88. The largest absolute Gasteiger partial charge is 0.493 e. The maximum absolute atomic E-state index is 12.1. The van der Waals surface area contributed by atoms with E-state index in [2.05, 4.69) is 22.4 Å². The van der Waals surface area contributed by atoms with Crippen LogP contribution in [0.25, 0.3) is 10.9 Å². The molecule has 0 atom stereocenters. The standard InChI is InChI=1S/C20H22ClFN2O/c21-17-5-6-19-16(14-24-20(19)12-17)7-9-23-13-15-3-1-4-18(11-15)25-10-2-8-22/h1,3-6,11-12,14,23-24H,2,7-10,13H2. The third-order valence-electron chi connectivity index (χ3n) is 4.07. The normalized spacial score (nSPS) is 11.1. The number of alkyl halides is 1. The zero-order valence-electron chi connectivity index (χ0n) is 14.0. The number of rotatable bonds is 9. The minimum Gasteiger partial charge on any atom is -0.493 e. The molecule has 25 heavy (non-hydrogen) atoms. The first-order valence-electron chi connectivity index (χ1n) is 8.50. The number of fused-ring (bicyclic) bond motifs is 1. The van der Waals surface area contributed by atoms with Crippen LogP contribution < -0.4 is 10.1 Å². The Kier molecular flexibility index (Phi) is 6.31. The lowest BCUT2D eigenvalue weighted by atomic mass is 10.1. The number of aromatic amines is 1. The molecule has 1 aromatic heterocycles. The molecule has 0 fully saturated rings. The second-order valence-corrected chi connectivity index (χ2v) is 6.41. The van der Waals surface area contributed by atoms with E-state index in [-0.39, 0.29) is 6.67 Å². The van der Waals surface area contributed by atoms with Gasteiger partial charge in [0.05, 0.1) is 13.3 Å². The minimum atomic E-state index is -0.346. The van der Waals surface area contributed by atoms with Crippen LogP contribution in [0.5, 0.6) is 5.75 Å². The average molecular weight is 361 g/mol. The molecule has 0 aliphatic heterocycles. The predicted octanol–water partition coefficient (Wildman–Crippen LogP) is 4.89. The Balaban J connectivity index is 1.48. The van der Waals surface area contributed by atoms with Gasteiger partial charge >= 0.3 is 0 Å². The fourth-order valence-corrected chi connectivity index (χ4v) is 2.98. The number of hydrogen-bond acceptors (Lipinski definition) is 2. The third kappa shape index (κ3) is 4.97. The summed E-state index contributed by atoms with van der Waals surface area (Å²) in [6.07, 6.45) is 3.41. The van der Waals surface area contributed by atoms with Gasteiger partial charge in [0.2, 0.25) is 0 Å². The topological polar surface area (TPSA) is 37.0 Å². The van der Waals surface area contributed by atoms with Crippen molar-refractivity contribution in [3.05, 3.63) is 64.8 Å². The van der Waals surface area contributed by atoms with Gasteiger partial charge in [-0.1, -0.05) is 29.8 Å². The van der Waals surface area contributed by atoms with Gasteiger partial charge in [-0.15, -0.1) is 0 Å². The highest BCUT2D eigenvalue weighted by molar-refractivity contribution is 6.31. The van der Waals surface area contributed by atoms with Crippen molar-refractivity contribution in [1.82, 2.24) is 10.3 Å². The van der Waals surface area contributed by atoms with Crippen molar-refractivity contribution in [3.8, 4) is 5.75 Å². The number of nitrogens with one attached hydrogen (secondary N) is 2. The zero-order valence-corrected chi connectivity index (χ0v) is 14.8. The van der Waals surface area contributed by atoms with E-state index in [9.17, 15) is 4.39 Å². The minimum absolute atomic E-state index is 0.346. The first kappa shape index (κ1) is 17.8. The van der Waals surface area contributed by atoms with Crippen LogP contribution in [0.3, 0.4) is 0 Å². The summed E-state index contributed by atoms with van der Waals surface area (Å²) in [5, 5.41) is 5.42. The van der Waals surface area contributed by atoms with E-state index in [4.69, 9.17) is 16.3 Å². The summed E-state index contributed by atoms with van der Waals surface area (Å²) in [6.45, 7) is 1.72. The second kappa shape index (κ2) is 8.88. The Hall–Kier alpha value is -2.04. The SMILES string of the molecule is FCCCOc1cccc(CNCCc2c[nH]c3cc(Cl)ccc23)c1. The van der Waals surface area contributed by atoms with Gasteiger partial charge in [-0.3, -0.25) is 4.39 Å². The molecule has 0 saturated carbocycles. The van der Waals surface area contributed by atoms with Gasteiger partial charge in [-0.2, -0.15) is 0 Å². The molecule has 0 spiro atoms. The molecule has 0 saturated heterocycles. The van der Waals surface area contributed by atoms with Crippen LogP contribution in [0.2, 0.25) is 5.02 Å². The van der Waals surface area contributed by atoms with E-state index in [1.165, 1.54) is 10.9 Å². The van der Waals surface area contributed by atoms with Gasteiger partial charge in [0.15, 0.2) is 0 Å². The van der Waals surface area contributed by atoms with Crippen molar-refractivity contribution in [1.29, 1.82) is 0 Å². The lowest BCUT2D eigenvalue weighted by Gasteiger charge is -2.08. The Morgan fingerprint density at radius 2 is 2.08 bits per heavy atom. The fourth-order valence-electron chi connectivity index (χ4n) is 2.81. The quantitative estimate of drug-likeness (QED) is 0.533. The maximum atomic E-state index is 12.1. The first-order chi connectivity index (χ1) is 12.3. The molecule has 3 aromatic rings. The molecule has 0 radical (unpaired) electrons. The summed E-state index contributed by atoms with van der Waals surface area (Å²) < 4.78 is 17.6. The summed E-state index contributed by atoms with van der Waals surface area (Å²) in [4.78, 5) is 3.26. The molecule has 2 aromatic carbocycles. The van der Waals surface area contributed by atoms with Crippen molar-refractivity contribution in [2.24, 2.45) is 0 Å². The van der Waals surface area contributed by atoms with Crippen LogP contribution in [-0.2, 0) is 13.0 Å². The molecular weight excluding hydrogens is 339 g/mol. The van der Waals surface area contributed by atoms with Crippen molar-refractivity contribution >= 4 is 22.5 Å². The molecule has 0 aliphatic carbocycles. The van der Waals surface area contributed by atoms with Crippen molar-refractivity contribution < 1.29 is 9.13 Å². The van der Waals surface area contributed by atoms with Crippen molar-refractivity contribution in [2.75, 3.05) is 19.8 Å². The summed E-state index contributed by atoms with van der Waals surface area (Å²) in [6, 6.07) is 13.8. The molecular formula is C20H22ClFN2O. The van der Waals surface area contributed by atoms with E-state index in [0.717, 1.165) is 41.4 Å². The smallest absolute Gasteiger partial charge is 0.119 e. The molecule has 0 amide bonds. The van der Waals surface area contributed by atoms with E-state index >= 15 is 0 Å². The highest BCUT2D eigenvalue weighted by Gasteiger charge is 2.04. The fraction of sp³-hybridized carbons (Fsp3) is 0.300. The third-order valence-corrected chi connectivity index (χ3v) is 4.31. The Morgan fingerprint density at radius 3 is 2.96 bits per heavy atom. The predicted molar refractivity (Wildman–Crippen MR) is 101 cm³/mol. The molecule has 3 nitrogen and oxygen atoms in total. The molecule has 5 heteroatoms. The number of benzene rings is 2. The zero-order chi connectivity index (χ0) is 17.5. The molecule has 3 rings (SSSR count). The number of halogens is 2. The molecule has 2 N–H and O–H groups in total. The second-order valence-electron chi connectivity index (χ2n) is 5.97. The number of hydrogen-bond donors (Lipinski definition) is 2. The molecule has 0 unspecified atom stereocenters. The average Bonchev–Trinajstić information content (AvgIpc) is 3.01. The summed E-state index contributed by atoms with van der Waals surface area (Å²) in [5.41, 5.74) is 3.51. The van der Waals surface area contributed by atoms with Gasteiger partial charge in [-0.25, -0.2) is 0 Å². The molecule has 0 aliphatic rings. The van der Waals surface area contributed by atoms with Gasteiger partial charge in [-0.05, 0) is 48.4 Å². The highest BCUT2D eigenvalue weighted by atomic mass is 35.5. The van der Waals surface area contributed by atoms with E-state index in [0.29, 0.717) is 13.0 Å². The summed E-state index contributed by atoms with van der Waals surface area (Å²) in [7, 11) is 0. The van der Waals surface area contributed by atoms with Crippen molar-refractivity contribution in [2.45, 2.75) is 19.4 Å². The van der Waals surface area contributed by atoms with Crippen LogP contribution in [-0.4, -0.2) is 24.8 Å². The highest BCUT2D eigenvalue weighted by Crippen LogP contribution is 2.22. The Bertz CT molecular complexity index is 818. The van der Waals surface area contributed by atoms with Crippen LogP contribution >= 0.6 is 11.6 Å². The molecule has 0 bridgehead atoms. The van der Waals surface area contributed by atoms with Crippen LogP contribution in [0, 0.1) is 0 Å². The van der Waals surface area contributed by atoms with Gasteiger partial charge in [0, 0.05) is 35.1 Å². The number of H-pyrrole nitrogens is 1. The summed E-state index contributed by atoms with van der Waals surface area (Å²) >= 11 is 6.01. The van der Waals surface area contributed by atoms with Crippen LogP contribution in [0.15, 0.2) is 48.7 Å². The van der Waals surface area contributed by atoms with Gasteiger partial charge in [0.25, 0.3) is 0 Å². The van der Waals surface area contributed by atoms with E-state index in [1.54, 1.807) is 0 Å². The van der Waals surface area contributed by atoms with Crippen molar-refractivity contribution in [3.63, 3.8) is 0 Å².